The molecular formula is C5H7N4Y5-. The van der Waals surface area contributed by atoms with Crippen LogP contribution in [0.15, 0.2) is 4.99 Å². The minimum Gasteiger partial charge on any atom is -0.419 e. The standard InChI is InChI=1S/C5H7N4.5Y/c1-4-7-3-8-5(6-2)9-4;;;;;/h1-2H3,(H,6,7,8,9);;;;;/q-1;;;;;. The molecule has 1 heterocycles. The van der Waals surface area contributed by atoms with E-state index in [0.29, 0.717) is 5.62 Å². The Morgan fingerprint density at radius 1 is 1.07 bits per heavy atom. The van der Waals surface area contributed by atoms with Crippen LogP contribution in [0.4, 0.5) is 0 Å². The van der Waals surface area contributed by atoms with Gasteiger partial charge in [-0.3, -0.25) is 0 Å². The third-order valence-corrected chi connectivity index (χ3v) is 0.878. The van der Waals surface area contributed by atoms with Gasteiger partial charge in [-0.05, 0) is 5.82 Å². The van der Waals surface area contributed by atoms with Gasteiger partial charge >= 0.3 is 0 Å². The summed E-state index contributed by atoms with van der Waals surface area (Å²) in [6, 6.07) is 0. The van der Waals surface area contributed by atoms with Crippen molar-refractivity contribution in [3.05, 3.63) is 17.8 Å². The van der Waals surface area contributed by atoms with Gasteiger partial charge in [-0.1, -0.05) is 6.92 Å². The van der Waals surface area contributed by atoms with Gasteiger partial charge in [-0.2, -0.15) is 0 Å². The van der Waals surface area contributed by atoms with Crippen LogP contribution in [0, 0.1) is 13.3 Å². The van der Waals surface area contributed by atoms with Gasteiger partial charge in [0.2, 0.25) is 0 Å². The molecule has 0 bridgehead atoms. The number of aromatic nitrogens is 3. The number of hydrogen-bond acceptors (Lipinski definition) is 3. The summed E-state index contributed by atoms with van der Waals surface area (Å²) >= 11 is 0. The van der Waals surface area contributed by atoms with Crippen molar-refractivity contribution in [3.8, 4) is 0 Å². The monoisotopic (exact) mass is 568 g/mol. The van der Waals surface area contributed by atoms with Crippen LogP contribution in [0.25, 0.3) is 0 Å². The van der Waals surface area contributed by atoms with Crippen molar-refractivity contribution in [1.29, 1.82) is 0 Å². The van der Waals surface area contributed by atoms with Crippen LogP contribution in [0.3, 0.4) is 0 Å². The molecule has 1 rings (SSSR count). The Balaban J connectivity index is -0.0000000540. The van der Waals surface area contributed by atoms with Crippen LogP contribution in [0.1, 0.15) is 5.82 Å². The molecule has 0 spiro atoms. The number of aryl methyl sites for hydroxylation is 1. The number of rotatable bonds is 0. The van der Waals surface area contributed by atoms with E-state index in [1.807, 2.05) is 6.92 Å². The third-order valence-electron chi connectivity index (χ3n) is 0.878. The maximum atomic E-state index is 3.79. The average molecular weight is 568 g/mol. The van der Waals surface area contributed by atoms with E-state index < -0.39 is 0 Å². The molecule has 0 aliphatic carbocycles. The SMILES string of the molecule is CN=c1n[c-]nc(C)[nH]1.[Y].[Y].[Y].[Y].[Y]. The Bertz CT molecular complexity index is 262. The van der Waals surface area contributed by atoms with E-state index in [9.17, 15) is 0 Å². The van der Waals surface area contributed by atoms with E-state index in [2.05, 4.69) is 26.3 Å². The molecular weight excluding hydrogens is 561 g/mol. The Hall–Kier alpha value is 4.33. The quantitative estimate of drug-likeness (QED) is 0.428. The molecule has 0 amide bonds. The second-order valence-corrected chi connectivity index (χ2v) is 1.58. The van der Waals surface area contributed by atoms with Crippen molar-refractivity contribution >= 4 is 0 Å². The number of nitrogens with zero attached hydrogens (tertiary/aromatic N) is 3. The van der Waals surface area contributed by atoms with Crippen molar-refractivity contribution in [2.24, 2.45) is 4.99 Å². The first-order valence-corrected chi connectivity index (χ1v) is 2.57. The molecule has 5 radical (unpaired) electrons. The topological polar surface area (TPSA) is 53.9 Å². The van der Waals surface area contributed by atoms with Gasteiger partial charge in [0, 0.05) is 177 Å². The zero-order chi connectivity index (χ0) is 6.69. The molecule has 0 aliphatic rings. The van der Waals surface area contributed by atoms with E-state index in [-0.39, 0.29) is 164 Å². The maximum absolute atomic E-state index is 3.79. The Morgan fingerprint density at radius 3 is 1.86 bits per heavy atom. The third kappa shape index (κ3) is 14.4. The summed E-state index contributed by atoms with van der Waals surface area (Å²) in [7, 11) is 1.66. The van der Waals surface area contributed by atoms with Crippen LogP contribution in [0.2, 0.25) is 0 Å². The zero-order valence-corrected chi connectivity index (χ0v) is 22.4. The van der Waals surface area contributed by atoms with Crippen LogP contribution in [-0.2, 0) is 164 Å². The number of hydrogen-bond donors (Lipinski definition) is 1. The van der Waals surface area contributed by atoms with Gasteiger partial charge in [0.25, 0.3) is 0 Å². The second-order valence-electron chi connectivity index (χ2n) is 1.58. The summed E-state index contributed by atoms with van der Waals surface area (Å²) in [5.41, 5.74) is 0.558. The fourth-order valence-electron chi connectivity index (χ4n) is 0.471. The van der Waals surface area contributed by atoms with Crippen molar-refractivity contribution in [3.63, 3.8) is 0 Å². The molecule has 1 N–H and O–H groups in total. The molecule has 0 saturated heterocycles. The molecule has 0 aromatic carbocycles. The Labute approximate surface area is 210 Å². The summed E-state index contributed by atoms with van der Waals surface area (Å²) in [4.78, 5) is 14.1. The molecule has 63 valence electrons. The van der Waals surface area contributed by atoms with E-state index in [1.54, 1.807) is 7.05 Å². The Kier molecular flexibility index (Phi) is 43.5. The maximum Gasteiger partial charge on any atom is 0.109 e. The first kappa shape index (κ1) is 31.0. The molecule has 9 heteroatoms. The molecule has 0 atom stereocenters. The molecule has 1 aromatic rings. The summed E-state index contributed by atoms with van der Waals surface area (Å²) in [5, 5.41) is 0. The van der Waals surface area contributed by atoms with Crippen molar-refractivity contribution in [2.75, 3.05) is 7.05 Å². The summed E-state index contributed by atoms with van der Waals surface area (Å²) < 4.78 is 0. The largest absolute Gasteiger partial charge is 0.419 e. The van der Waals surface area contributed by atoms with Crippen LogP contribution < -0.4 is 5.62 Å². The van der Waals surface area contributed by atoms with Crippen molar-refractivity contribution < 1.29 is 164 Å². The second kappa shape index (κ2) is 19.7. The predicted octanol–water partition coefficient (Wildman–Crippen LogP) is -0.569. The normalized spacial score (nSPS) is 7.71. The van der Waals surface area contributed by atoms with Gasteiger partial charge < -0.3 is 19.9 Å². The molecule has 1 aromatic heterocycles. The van der Waals surface area contributed by atoms with Crippen molar-refractivity contribution in [1.82, 2.24) is 15.0 Å². The van der Waals surface area contributed by atoms with Crippen LogP contribution in [0.5, 0.6) is 0 Å². The number of nitrogens with one attached hydrogen (secondary N) is 1. The number of H-pyrrole nitrogens is 1. The van der Waals surface area contributed by atoms with Gasteiger partial charge in [0.05, 0.1) is 0 Å². The summed E-state index contributed by atoms with van der Waals surface area (Å²) in [6.45, 7) is 1.83. The molecule has 0 fully saturated rings. The fourth-order valence-corrected chi connectivity index (χ4v) is 0.471. The van der Waals surface area contributed by atoms with E-state index >= 15 is 0 Å². The zero-order valence-electron chi connectivity index (χ0n) is 8.23. The molecule has 14 heavy (non-hydrogen) atoms. The summed E-state index contributed by atoms with van der Waals surface area (Å²) in [5.74, 6) is 0.769. The van der Waals surface area contributed by atoms with E-state index in [4.69, 9.17) is 0 Å². The van der Waals surface area contributed by atoms with Gasteiger partial charge in [-0.15, -0.1) is 0 Å². The molecule has 0 unspecified atom stereocenters. The van der Waals surface area contributed by atoms with E-state index in [0.717, 1.165) is 5.82 Å². The van der Waals surface area contributed by atoms with Crippen LogP contribution in [-0.4, -0.2) is 22.0 Å². The fraction of sp³-hybridized carbons (Fsp3) is 0.400. The minimum atomic E-state index is 0. The summed E-state index contributed by atoms with van der Waals surface area (Å²) in [6.07, 6.45) is 2.46. The van der Waals surface area contributed by atoms with Crippen LogP contribution >= 0.6 is 0 Å². The smallest absolute Gasteiger partial charge is 0.109 e. The first-order chi connectivity index (χ1) is 4.33. The Morgan fingerprint density at radius 2 is 1.57 bits per heavy atom. The van der Waals surface area contributed by atoms with Gasteiger partial charge in [0.1, 0.15) is 5.62 Å². The average Bonchev–Trinajstić information content (AvgIpc) is 1.88. The molecule has 0 aliphatic heterocycles. The molecule has 0 saturated carbocycles. The van der Waals surface area contributed by atoms with Gasteiger partial charge in [-0.25, -0.2) is 0 Å². The van der Waals surface area contributed by atoms with E-state index in [1.165, 1.54) is 0 Å². The molecule has 4 nitrogen and oxygen atoms in total. The van der Waals surface area contributed by atoms with Crippen molar-refractivity contribution in [2.45, 2.75) is 6.92 Å². The number of aromatic amines is 1. The van der Waals surface area contributed by atoms with Gasteiger partial charge in [0.15, 0.2) is 0 Å². The first-order valence-electron chi connectivity index (χ1n) is 2.57. The minimum absolute atomic E-state index is 0. The predicted molar refractivity (Wildman–Crippen MR) is 31.4 cm³/mol.